The zero-order valence-electron chi connectivity index (χ0n) is 14.0. The highest BCUT2D eigenvalue weighted by molar-refractivity contribution is 5.76. The predicted molar refractivity (Wildman–Crippen MR) is 85.9 cm³/mol. The van der Waals surface area contributed by atoms with Crippen molar-refractivity contribution in [3.63, 3.8) is 0 Å². The SMILES string of the molecule is Cn1ccnc1[C@](O)(CCNC(=O)CCNc1ncccn1)C(F)(F)F. The lowest BCUT2D eigenvalue weighted by atomic mass is 9.97. The fourth-order valence-electron chi connectivity index (χ4n) is 2.29. The number of carbonyl (C=O) groups is 1. The third-order valence-corrected chi connectivity index (χ3v) is 3.67. The summed E-state index contributed by atoms with van der Waals surface area (Å²) in [4.78, 5) is 23.2. The van der Waals surface area contributed by atoms with Crippen molar-refractivity contribution in [2.75, 3.05) is 18.4 Å². The lowest BCUT2D eigenvalue weighted by Crippen LogP contribution is -2.46. The first kappa shape index (κ1) is 19.6. The van der Waals surface area contributed by atoms with Crippen molar-refractivity contribution in [2.24, 2.45) is 7.05 Å². The number of aryl methyl sites for hydroxylation is 1. The molecule has 0 radical (unpaired) electrons. The van der Waals surface area contributed by atoms with E-state index in [1.54, 1.807) is 6.07 Å². The molecule has 0 aliphatic heterocycles. The molecule has 0 saturated heterocycles. The Morgan fingerprint density at radius 2 is 1.88 bits per heavy atom. The van der Waals surface area contributed by atoms with Gasteiger partial charge in [-0.3, -0.25) is 4.79 Å². The molecule has 2 heterocycles. The number of aromatic nitrogens is 4. The monoisotopic (exact) mass is 372 g/mol. The fourth-order valence-corrected chi connectivity index (χ4v) is 2.29. The number of nitrogens with one attached hydrogen (secondary N) is 2. The number of amides is 1. The van der Waals surface area contributed by atoms with Crippen LogP contribution in [0.3, 0.4) is 0 Å². The first-order valence-electron chi connectivity index (χ1n) is 7.78. The third kappa shape index (κ3) is 4.69. The quantitative estimate of drug-likeness (QED) is 0.638. The molecule has 0 fully saturated rings. The predicted octanol–water partition coefficient (Wildman–Crippen LogP) is 0.968. The summed E-state index contributed by atoms with van der Waals surface area (Å²) in [5.41, 5.74) is -3.14. The Hall–Kier alpha value is -2.69. The van der Waals surface area contributed by atoms with Crippen LogP contribution in [0.2, 0.25) is 0 Å². The van der Waals surface area contributed by atoms with Crippen LogP contribution in [-0.2, 0) is 17.4 Å². The summed E-state index contributed by atoms with van der Waals surface area (Å²) in [5, 5.41) is 15.3. The minimum Gasteiger partial charge on any atom is -0.374 e. The van der Waals surface area contributed by atoms with Gasteiger partial charge in [-0.15, -0.1) is 0 Å². The molecule has 3 N–H and O–H groups in total. The van der Waals surface area contributed by atoms with Crippen LogP contribution in [0.5, 0.6) is 0 Å². The lowest BCUT2D eigenvalue weighted by Gasteiger charge is -2.30. The molecule has 0 aliphatic carbocycles. The second-order valence-electron chi connectivity index (χ2n) is 5.57. The highest BCUT2D eigenvalue weighted by Gasteiger charge is 2.57. The number of rotatable bonds is 8. The normalized spacial score (nSPS) is 13.9. The first-order valence-corrected chi connectivity index (χ1v) is 7.78. The Balaban J connectivity index is 1.84. The standard InChI is InChI=1S/C15H19F3N6O2/c1-24-10-9-20-12(24)14(26,15(16,17)18)4-8-19-11(25)3-7-23-13-21-5-2-6-22-13/h2,5-6,9-10,26H,3-4,7-8H2,1H3,(H,19,25)(H,21,22,23)/t14-/m1/s1. The van der Waals surface area contributed by atoms with Crippen LogP contribution < -0.4 is 10.6 Å². The van der Waals surface area contributed by atoms with E-state index >= 15 is 0 Å². The Morgan fingerprint density at radius 1 is 1.19 bits per heavy atom. The van der Waals surface area contributed by atoms with Crippen LogP contribution in [0.15, 0.2) is 30.9 Å². The number of anilines is 1. The van der Waals surface area contributed by atoms with Gasteiger partial charge in [0.1, 0.15) is 5.82 Å². The van der Waals surface area contributed by atoms with E-state index in [4.69, 9.17) is 0 Å². The summed E-state index contributed by atoms with van der Waals surface area (Å²) in [6.45, 7) is -0.137. The zero-order valence-corrected chi connectivity index (χ0v) is 14.0. The molecule has 142 valence electrons. The molecule has 0 unspecified atom stereocenters. The maximum atomic E-state index is 13.3. The van der Waals surface area contributed by atoms with E-state index in [1.165, 1.54) is 31.8 Å². The van der Waals surface area contributed by atoms with Gasteiger partial charge in [0.15, 0.2) is 0 Å². The topological polar surface area (TPSA) is 105 Å². The molecule has 2 aromatic rings. The Labute approximate surface area is 147 Å². The molecule has 0 aliphatic rings. The van der Waals surface area contributed by atoms with Gasteiger partial charge in [-0.25, -0.2) is 15.0 Å². The van der Waals surface area contributed by atoms with Crippen molar-refractivity contribution >= 4 is 11.9 Å². The van der Waals surface area contributed by atoms with E-state index in [9.17, 15) is 23.1 Å². The van der Waals surface area contributed by atoms with E-state index in [0.717, 1.165) is 4.57 Å². The van der Waals surface area contributed by atoms with Gasteiger partial charge in [0, 0.05) is 57.8 Å². The zero-order chi connectivity index (χ0) is 19.2. The Bertz CT molecular complexity index is 722. The summed E-state index contributed by atoms with van der Waals surface area (Å²) >= 11 is 0. The van der Waals surface area contributed by atoms with Crippen molar-refractivity contribution in [3.05, 3.63) is 36.7 Å². The van der Waals surface area contributed by atoms with E-state index in [2.05, 4.69) is 25.6 Å². The van der Waals surface area contributed by atoms with E-state index in [0.29, 0.717) is 5.95 Å². The van der Waals surface area contributed by atoms with Gasteiger partial charge < -0.3 is 20.3 Å². The summed E-state index contributed by atoms with van der Waals surface area (Å²) < 4.78 is 41.1. The van der Waals surface area contributed by atoms with Gasteiger partial charge in [0.2, 0.25) is 17.5 Å². The van der Waals surface area contributed by atoms with Crippen LogP contribution >= 0.6 is 0 Å². The van der Waals surface area contributed by atoms with Gasteiger partial charge in [-0.2, -0.15) is 13.2 Å². The molecule has 8 nitrogen and oxygen atoms in total. The Morgan fingerprint density at radius 3 is 2.46 bits per heavy atom. The average Bonchev–Trinajstić information content (AvgIpc) is 3.01. The number of imidazole rings is 1. The Kier molecular flexibility index (Phi) is 6.14. The molecular weight excluding hydrogens is 353 g/mol. The number of nitrogens with zero attached hydrogens (tertiary/aromatic N) is 4. The number of aliphatic hydroxyl groups is 1. The second-order valence-corrected chi connectivity index (χ2v) is 5.57. The van der Waals surface area contributed by atoms with Crippen LogP contribution in [0.4, 0.5) is 19.1 Å². The summed E-state index contributed by atoms with van der Waals surface area (Å²) in [7, 11) is 1.36. The molecule has 26 heavy (non-hydrogen) atoms. The average molecular weight is 372 g/mol. The maximum absolute atomic E-state index is 13.3. The highest BCUT2D eigenvalue weighted by atomic mass is 19.4. The molecule has 1 amide bonds. The van der Waals surface area contributed by atoms with Gasteiger partial charge in [0.25, 0.3) is 0 Å². The van der Waals surface area contributed by atoms with Gasteiger partial charge in [-0.1, -0.05) is 0 Å². The molecule has 1 atom stereocenters. The fraction of sp³-hybridized carbons (Fsp3) is 0.467. The van der Waals surface area contributed by atoms with Crippen LogP contribution in [0.1, 0.15) is 18.7 Å². The van der Waals surface area contributed by atoms with E-state index in [-0.39, 0.29) is 19.5 Å². The number of halogens is 3. The number of hydrogen-bond acceptors (Lipinski definition) is 6. The van der Waals surface area contributed by atoms with Gasteiger partial charge >= 0.3 is 6.18 Å². The maximum Gasteiger partial charge on any atom is 0.424 e. The first-order chi connectivity index (χ1) is 12.2. The molecule has 0 bridgehead atoms. The van der Waals surface area contributed by atoms with Gasteiger partial charge in [0.05, 0.1) is 0 Å². The largest absolute Gasteiger partial charge is 0.424 e. The van der Waals surface area contributed by atoms with Crippen LogP contribution in [-0.4, -0.2) is 49.8 Å². The number of alkyl halides is 3. The summed E-state index contributed by atoms with van der Waals surface area (Å²) in [6.07, 6.45) is -0.115. The summed E-state index contributed by atoms with van der Waals surface area (Å²) in [5.74, 6) is -0.638. The highest BCUT2D eigenvalue weighted by Crippen LogP contribution is 2.40. The minimum atomic E-state index is -4.93. The molecular formula is C15H19F3N6O2. The molecule has 2 aromatic heterocycles. The summed E-state index contributed by atoms with van der Waals surface area (Å²) in [6, 6.07) is 1.64. The van der Waals surface area contributed by atoms with Crippen LogP contribution in [0.25, 0.3) is 0 Å². The van der Waals surface area contributed by atoms with Crippen molar-refractivity contribution in [1.82, 2.24) is 24.8 Å². The third-order valence-electron chi connectivity index (χ3n) is 3.67. The number of hydrogen-bond donors (Lipinski definition) is 3. The molecule has 2 rings (SSSR count). The van der Waals surface area contributed by atoms with Crippen LogP contribution in [0, 0.1) is 0 Å². The lowest BCUT2D eigenvalue weighted by molar-refractivity contribution is -0.272. The molecule has 0 saturated carbocycles. The van der Waals surface area contributed by atoms with E-state index in [1.807, 2.05) is 0 Å². The number of carbonyl (C=O) groups excluding carboxylic acids is 1. The van der Waals surface area contributed by atoms with Crippen molar-refractivity contribution in [2.45, 2.75) is 24.6 Å². The molecule has 0 spiro atoms. The van der Waals surface area contributed by atoms with Crippen molar-refractivity contribution in [1.29, 1.82) is 0 Å². The van der Waals surface area contributed by atoms with E-state index < -0.39 is 29.9 Å². The van der Waals surface area contributed by atoms with Gasteiger partial charge in [-0.05, 0) is 6.07 Å². The smallest absolute Gasteiger partial charge is 0.374 e. The molecule has 11 heteroatoms. The molecule has 0 aromatic carbocycles. The second kappa shape index (κ2) is 8.13. The van der Waals surface area contributed by atoms with Crippen molar-refractivity contribution in [3.8, 4) is 0 Å². The van der Waals surface area contributed by atoms with Crippen molar-refractivity contribution < 1.29 is 23.1 Å². The minimum absolute atomic E-state index is 0.0190.